The molecule has 0 aliphatic carbocycles. The van der Waals surface area contributed by atoms with Crippen LogP contribution in [0, 0.1) is 13.8 Å². The summed E-state index contributed by atoms with van der Waals surface area (Å²) in [5.74, 6) is -0.135. The summed E-state index contributed by atoms with van der Waals surface area (Å²) >= 11 is 0. The number of aryl methyl sites for hydroxylation is 2. The lowest BCUT2D eigenvalue weighted by molar-refractivity contribution is 0.0970. The largest absolute Gasteiger partial charge is 0.307 e. The molecule has 0 atom stereocenters. The summed E-state index contributed by atoms with van der Waals surface area (Å²) in [6.07, 6.45) is 1.10. The minimum atomic E-state index is -3.54. The number of Topliss-reactive ketones (excluding diaryl/α,β-unsaturated/α-hetero) is 1. The van der Waals surface area contributed by atoms with Crippen LogP contribution in [0.2, 0.25) is 0 Å². The molecule has 0 fully saturated rings. The second kappa shape index (κ2) is 5.87. The fourth-order valence-corrected chi connectivity index (χ4v) is 3.58. The van der Waals surface area contributed by atoms with E-state index in [4.69, 9.17) is 0 Å². The lowest BCUT2D eigenvalue weighted by Gasteiger charge is -2.10. The highest BCUT2D eigenvalue weighted by Gasteiger charge is 2.21. The zero-order valence-corrected chi connectivity index (χ0v) is 14.6. The highest BCUT2D eigenvalue weighted by Crippen LogP contribution is 2.21. The SMILES string of the molecule is Cc1ccc(C)c(C(=O)Cn2c(S(C)(=O)=O)nc3ccccc32)c1. The average Bonchev–Trinajstić information content (AvgIpc) is 2.89. The van der Waals surface area contributed by atoms with Crippen molar-refractivity contribution >= 4 is 26.7 Å². The molecular formula is C18H18N2O3S. The van der Waals surface area contributed by atoms with Gasteiger partial charge < -0.3 is 4.57 Å². The summed E-state index contributed by atoms with van der Waals surface area (Å²) in [4.78, 5) is 17.0. The van der Waals surface area contributed by atoms with E-state index < -0.39 is 9.84 Å². The fourth-order valence-electron chi connectivity index (χ4n) is 2.75. The molecule has 0 saturated carbocycles. The van der Waals surface area contributed by atoms with Crippen LogP contribution >= 0.6 is 0 Å². The van der Waals surface area contributed by atoms with Crippen LogP contribution in [0.5, 0.6) is 0 Å². The third kappa shape index (κ3) is 2.97. The number of carbonyl (C=O) groups excluding carboxylic acids is 1. The molecule has 0 spiro atoms. The summed E-state index contributed by atoms with van der Waals surface area (Å²) in [6, 6.07) is 12.8. The van der Waals surface area contributed by atoms with Crippen molar-refractivity contribution in [2.45, 2.75) is 25.5 Å². The van der Waals surface area contributed by atoms with Crippen LogP contribution in [0.3, 0.4) is 0 Å². The molecule has 0 unspecified atom stereocenters. The molecule has 5 nitrogen and oxygen atoms in total. The van der Waals surface area contributed by atoms with Crippen molar-refractivity contribution in [2.24, 2.45) is 0 Å². The Kier molecular flexibility index (Phi) is 4.01. The van der Waals surface area contributed by atoms with E-state index in [-0.39, 0.29) is 17.5 Å². The number of para-hydroxylation sites is 2. The van der Waals surface area contributed by atoms with Gasteiger partial charge in [0.2, 0.25) is 15.0 Å². The first-order valence-electron chi connectivity index (χ1n) is 7.53. The maximum atomic E-state index is 12.8. The van der Waals surface area contributed by atoms with Gasteiger partial charge in [0, 0.05) is 11.8 Å². The zero-order valence-electron chi connectivity index (χ0n) is 13.8. The molecule has 1 aromatic heterocycles. The summed E-state index contributed by atoms with van der Waals surface area (Å²) in [5, 5.41) is -0.0812. The molecule has 0 saturated heterocycles. The molecule has 24 heavy (non-hydrogen) atoms. The second-order valence-electron chi connectivity index (χ2n) is 5.98. The number of rotatable bonds is 4. The van der Waals surface area contributed by atoms with Crippen LogP contribution in [0.1, 0.15) is 21.5 Å². The number of fused-ring (bicyclic) bond motifs is 1. The summed E-state index contributed by atoms with van der Waals surface area (Å²) < 4.78 is 25.6. The van der Waals surface area contributed by atoms with E-state index in [9.17, 15) is 13.2 Å². The van der Waals surface area contributed by atoms with Crippen molar-refractivity contribution in [1.29, 1.82) is 0 Å². The Balaban J connectivity index is 2.13. The Morgan fingerprint density at radius 3 is 2.54 bits per heavy atom. The summed E-state index contributed by atoms with van der Waals surface area (Å²) in [5.41, 5.74) is 3.66. The topological polar surface area (TPSA) is 69.0 Å². The normalized spacial score (nSPS) is 11.8. The van der Waals surface area contributed by atoms with Gasteiger partial charge in [-0.25, -0.2) is 13.4 Å². The number of carbonyl (C=O) groups is 1. The van der Waals surface area contributed by atoms with Crippen molar-refractivity contribution in [3.05, 3.63) is 59.2 Å². The minimum absolute atomic E-state index is 0.0623. The predicted octanol–water partition coefficient (Wildman–Crippen LogP) is 2.94. The van der Waals surface area contributed by atoms with Gasteiger partial charge in [-0.1, -0.05) is 29.8 Å². The number of benzene rings is 2. The van der Waals surface area contributed by atoms with Crippen LogP contribution in [0.15, 0.2) is 47.6 Å². The first kappa shape index (κ1) is 16.4. The molecule has 0 aliphatic rings. The fraction of sp³-hybridized carbons (Fsp3) is 0.222. The van der Waals surface area contributed by atoms with Crippen molar-refractivity contribution in [1.82, 2.24) is 9.55 Å². The van der Waals surface area contributed by atoms with Gasteiger partial charge in [-0.15, -0.1) is 0 Å². The summed E-state index contributed by atoms with van der Waals surface area (Å²) in [7, 11) is -3.54. The minimum Gasteiger partial charge on any atom is -0.307 e. The third-order valence-electron chi connectivity index (χ3n) is 3.95. The van der Waals surface area contributed by atoms with E-state index in [1.54, 1.807) is 24.3 Å². The number of hydrogen-bond donors (Lipinski definition) is 0. The average molecular weight is 342 g/mol. The molecule has 0 N–H and O–H groups in total. The van der Waals surface area contributed by atoms with Gasteiger partial charge in [0.1, 0.15) is 0 Å². The van der Waals surface area contributed by atoms with Crippen LogP contribution in [-0.2, 0) is 16.4 Å². The lowest BCUT2D eigenvalue weighted by Crippen LogP contribution is -2.16. The van der Waals surface area contributed by atoms with Crippen LogP contribution < -0.4 is 0 Å². The molecule has 3 aromatic rings. The first-order chi connectivity index (χ1) is 11.3. The number of imidazole rings is 1. The van der Waals surface area contributed by atoms with Gasteiger partial charge in [0.05, 0.1) is 17.6 Å². The van der Waals surface area contributed by atoms with Crippen molar-refractivity contribution in [3.8, 4) is 0 Å². The predicted molar refractivity (Wildman–Crippen MR) is 93.1 cm³/mol. The maximum Gasteiger partial charge on any atom is 0.228 e. The van der Waals surface area contributed by atoms with Crippen molar-refractivity contribution in [2.75, 3.05) is 6.26 Å². The Bertz CT molecular complexity index is 1050. The molecule has 124 valence electrons. The number of sulfone groups is 1. The van der Waals surface area contributed by atoms with Gasteiger partial charge in [-0.2, -0.15) is 0 Å². The zero-order chi connectivity index (χ0) is 17.5. The second-order valence-corrected chi connectivity index (χ2v) is 7.89. The Morgan fingerprint density at radius 1 is 1.12 bits per heavy atom. The van der Waals surface area contributed by atoms with E-state index in [2.05, 4.69) is 4.98 Å². The number of hydrogen-bond acceptors (Lipinski definition) is 4. The molecule has 6 heteroatoms. The molecular weight excluding hydrogens is 324 g/mol. The molecule has 0 amide bonds. The highest BCUT2D eigenvalue weighted by molar-refractivity contribution is 7.90. The Morgan fingerprint density at radius 2 is 1.83 bits per heavy atom. The van der Waals surface area contributed by atoms with E-state index in [0.717, 1.165) is 17.4 Å². The van der Waals surface area contributed by atoms with Crippen molar-refractivity contribution in [3.63, 3.8) is 0 Å². The quantitative estimate of drug-likeness (QED) is 0.684. The highest BCUT2D eigenvalue weighted by atomic mass is 32.2. The van der Waals surface area contributed by atoms with Crippen LogP contribution in [-0.4, -0.2) is 30.0 Å². The van der Waals surface area contributed by atoms with Gasteiger partial charge in [0.15, 0.2) is 5.78 Å². The smallest absolute Gasteiger partial charge is 0.228 e. The molecule has 2 aromatic carbocycles. The molecule has 0 radical (unpaired) electrons. The third-order valence-corrected chi connectivity index (χ3v) is 4.92. The van der Waals surface area contributed by atoms with Crippen molar-refractivity contribution < 1.29 is 13.2 Å². The maximum absolute atomic E-state index is 12.8. The van der Waals surface area contributed by atoms with Gasteiger partial charge in [-0.05, 0) is 37.6 Å². The van der Waals surface area contributed by atoms with E-state index in [0.29, 0.717) is 16.6 Å². The van der Waals surface area contributed by atoms with Gasteiger partial charge >= 0.3 is 0 Å². The van der Waals surface area contributed by atoms with E-state index in [1.165, 1.54) is 4.57 Å². The standard InChI is InChI=1S/C18H18N2O3S/c1-12-8-9-13(2)14(10-12)17(21)11-20-16-7-5-4-6-15(16)19-18(20)24(3,22)23/h4-10H,11H2,1-3H3. The molecule has 0 bridgehead atoms. The van der Waals surface area contributed by atoms with Gasteiger partial charge in [0.25, 0.3) is 0 Å². The molecule has 1 heterocycles. The number of aromatic nitrogens is 2. The Labute approximate surface area is 140 Å². The summed E-state index contributed by atoms with van der Waals surface area (Å²) in [6.45, 7) is 3.73. The Hall–Kier alpha value is -2.47. The molecule has 0 aliphatic heterocycles. The monoisotopic (exact) mass is 342 g/mol. The van der Waals surface area contributed by atoms with Gasteiger partial charge in [-0.3, -0.25) is 4.79 Å². The lowest BCUT2D eigenvalue weighted by atomic mass is 10.0. The van der Waals surface area contributed by atoms with Crippen LogP contribution in [0.25, 0.3) is 11.0 Å². The first-order valence-corrected chi connectivity index (χ1v) is 9.42. The number of nitrogens with zero attached hydrogens (tertiary/aromatic N) is 2. The van der Waals surface area contributed by atoms with E-state index in [1.807, 2.05) is 32.0 Å². The van der Waals surface area contributed by atoms with Crippen LogP contribution in [0.4, 0.5) is 0 Å². The number of ketones is 1. The van der Waals surface area contributed by atoms with E-state index >= 15 is 0 Å². The molecule has 3 rings (SSSR count).